The van der Waals surface area contributed by atoms with Gasteiger partial charge in [-0.1, -0.05) is 13.8 Å². The standard InChI is InChI=1S/C19H24N2O2S.C6H7N3O/c1-4-22-17-9-5-15(6-10-17)20-19(24)21-16-7-11-18(12-8-16)23-13-14(2)3;7-9-6(10)5-1-3-8-4-2-5/h5-12,14H,4,13H2,1-3H3,(H2,20,21,24);1-4H,7H2,(H,9,10). The molecule has 3 aromatic rings. The summed E-state index contributed by atoms with van der Waals surface area (Å²) in [6.07, 6.45) is 3.06. The van der Waals surface area contributed by atoms with E-state index in [0.29, 0.717) is 29.8 Å². The molecule has 1 amide bonds. The lowest BCUT2D eigenvalue weighted by Gasteiger charge is -2.12. The predicted molar refractivity (Wildman–Crippen MR) is 140 cm³/mol. The molecule has 0 atom stereocenters. The number of amides is 1. The summed E-state index contributed by atoms with van der Waals surface area (Å²) in [6.45, 7) is 7.58. The molecule has 0 saturated heterocycles. The molecule has 0 fully saturated rings. The average Bonchev–Trinajstić information content (AvgIpc) is 2.85. The highest BCUT2D eigenvalue weighted by atomic mass is 32.1. The summed E-state index contributed by atoms with van der Waals surface area (Å²) in [5.41, 5.74) is 4.35. The van der Waals surface area contributed by atoms with Crippen LogP contribution in [0.4, 0.5) is 11.4 Å². The van der Waals surface area contributed by atoms with Gasteiger partial charge in [-0.2, -0.15) is 0 Å². The number of thiocarbonyl (C=S) groups is 1. The van der Waals surface area contributed by atoms with Gasteiger partial charge in [0.1, 0.15) is 11.5 Å². The first-order valence-electron chi connectivity index (χ1n) is 10.9. The summed E-state index contributed by atoms with van der Waals surface area (Å²) < 4.78 is 11.1. The fourth-order valence-corrected chi connectivity index (χ4v) is 2.81. The Morgan fingerprint density at radius 1 is 0.912 bits per heavy atom. The number of hydrogen-bond donors (Lipinski definition) is 4. The van der Waals surface area contributed by atoms with Gasteiger partial charge in [0.05, 0.1) is 13.2 Å². The maximum absolute atomic E-state index is 10.7. The minimum absolute atomic E-state index is 0.303. The van der Waals surface area contributed by atoms with Crippen molar-refractivity contribution in [3.63, 3.8) is 0 Å². The SMILES string of the molecule is CCOc1ccc(NC(=S)Nc2ccc(OCC(C)C)cc2)cc1.NNC(=O)c1ccncc1. The van der Waals surface area contributed by atoms with E-state index in [1.807, 2.05) is 60.9 Å². The quantitative estimate of drug-likeness (QED) is 0.160. The number of carbonyl (C=O) groups is 1. The first-order valence-corrected chi connectivity index (χ1v) is 11.3. The number of rotatable bonds is 8. The lowest BCUT2D eigenvalue weighted by molar-refractivity contribution is 0.0953. The van der Waals surface area contributed by atoms with Crippen LogP contribution >= 0.6 is 12.2 Å². The molecule has 0 aliphatic heterocycles. The van der Waals surface area contributed by atoms with E-state index >= 15 is 0 Å². The van der Waals surface area contributed by atoms with Gasteiger partial charge in [-0.3, -0.25) is 15.2 Å². The second-order valence-electron chi connectivity index (χ2n) is 7.48. The molecule has 5 N–H and O–H groups in total. The van der Waals surface area contributed by atoms with Crippen LogP contribution in [0.1, 0.15) is 31.1 Å². The molecule has 2 aromatic carbocycles. The summed E-state index contributed by atoms with van der Waals surface area (Å²) in [6, 6.07) is 18.6. The van der Waals surface area contributed by atoms with Crippen LogP contribution in [0.3, 0.4) is 0 Å². The van der Waals surface area contributed by atoms with E-state index in [2.05, 4.69) is 29.5 Å². The Hall–Kier alpha value is -3.69. The van der Waals surface area contributed by atoms with Gasteiger partial charge in [0.25, 0.3) is 5.91 Å². The zero-order chi connectivity index (χ0) is 24.8. The van der Waals surface area contributed by atoms with Gasteiger partial charge in [-0.05, 0) is 85.7 Å². The van der Waals surface area contributed by atoms with Crippen molar-refractivity contribution in [3.8, 4) is 11.5 Å². The third-order valence-corrected chi connectivity index (χ3v) is 4.40. The van der Waals surface area contributed by atoms with Crippen molar-refractivity contribution in [2.24, 2.45) is 11.8 Å². The number of aromatic nitrogens is 1. The van der Waals surface area contributed by atoms with Crippen molar-refractivity contribution in [2.45, 2.75) is 20.8 Å². The number of nitrogens with one attached hydrogen (secondary N) is 3. The van der Waals surface area contributed by atoms with Crippen LogP contribution in [0.25, 0.3) is 0 Å². The van der Waals surface area contributed by atoms with Crippen LogP contribution in [0.15, 0.2) is 73.1 Å². The first kappa shape index (κ1) is 26.6. The van der Waals surface area contributed by atoms with Crippen LogP contribution in [0.5, 0.6) is 11.5 Å². The second kappa shape index (κ2) is 14.5. The Morgan fingerprint density at radius 3 is 1.85 bits per heavy atom. The van der Waals surface area contributed by atoms with Crippen molar-refractivity contribution < 1.29 is 14.3 Å². The number of nitrogens with two attached hydrogens (primary N) is 1. The molecule has 3 rings (SSSR count). The van der Waals surface area contributed by atoms with Crippen molar-refractivity contribution >= 4 is 34.6 Å². The summed E-state index contributed by atoms with van der Waals surface area (Å²) >= 11 is 5.34. The first-order chi connectivity index (χ1) is 16.4. The summed E-state index contributed by atoms with van der Waals surface area (Å²) in [5.74, 6) is 6.80. The van der Waals surface area contributed by atoms with E-state index < -0.39 is 0 Å². The van der Waals surface area contributed by atoms with E-state index in [9.17, 15) is 4.79 Å². The molecule has 0 spiro atoms. The van der Waals surface area contributed by atoms with Crippen LogP contribution in [0, 0.1) is 5.92 Å². The van der Waals surface area contributed by atoms with E-state index in [4.69, 9.17) is 27.5 Å². The normalized spacial score (nSPS) is 9.91. The average molecular weight is 482 g/mol. The van der Waals surface area contributed by atoms with Gasteiger partial charge in [0.2, 0.25) is 0 Å². The van der Waals surface area contributed by atoms with Crippen molar-refractivity contribution in [3.05, 3.63) is 78.6 Å². The Bertz CT molecular complexity index is 1010. The van der Waals surface area contributed by atoms with Crippen molar-refractivity contribution in [1.82, 2.24) is 10.4 Å². The molecule has 0 radical (unpaired) electrons. The topological polar surface area (TPSA) is 111 Å². The molecule has 0 bridgehead atoms. The Labute approximate surface area is 205 Å². The number of carbonyl (C=O) groups excluding carboxylic acids is 1. The van der Waals surface area contributed by atoms with Crippen LogP contribution in [-0.4, -0.2) is 29.2 Å². The highest BCUT2D eigenvalue weighted by Gasteiger charge is 2.02. The Kier molecular flexibility index (Phi) is 11.3. The van der Waals surface area contributed by atoms with Crippen molar-refractivity contribution in [2.75, 3.05) is 23.8 Å². The van der Waals surface area contributed by atoms with E-state index in [1.165, 1.54) is 12.4 Å². The van der Waals surface area contributed by atoms with Gasteiger partial charge < -0.3 is 20.1 Å². The molecule has 0 aliphatic carbocycles. The maximum atomic E-state index is 10.7. The maximum Gasteiger partial charge on any atom is 0.265 e. The van der Waals surface area contributed by atoms with Gasteiger partial charge in [-0.25, -0.2) is 5.84 Å². The van der Waals surface area contributed by atoms with Gasteiger partial charge in [0.15, 0.2) is 5.11 Å². The van der Waals surface area contributed by atoms with Gasteiger partial charge in [0, 0.05) is 29.3 Å². The third-order valence-electron chi connectivity index (χ3n) is 4.19. The monoisotopic (exact) mass is 481 g/mol. The highest BCUT2D eigenvalue weighted by molar-refractivity contribution is 7.80. The minimum Gasteiger partial charge on any atom is -0.494 e. The van der Waals surface area contributed by atoms with E-state index in [0.717, 1.165) is 22.9 Å². The molecule has 0 aliphatic rings. The molecule has 1 heterocycles. The number of benzene rings is 2. The van der Waals surface area contributed by atoms with Crippen LogP contribution < -0.4 is 31.4 Å². The summed E-state index contributed by atoms with van der Waals surface area (Å²) in [5, 5.41) is 6.84. The Morgan fingerprint density at radius 2 is 1.41 bits per heavy atom. The second-order valence-corrected chi connectivity index (χ2v) is 7.88. The van der Waals surface area contributed by atoms with Crippen LogP contribution in [0.2, 0.25) is 0 Å². The Balaban J connectivity index is 0.000000340. The number of anilines is 2. The zero-order valence-corrected chi connectivity index (χ0v) is 20.4. The summed E-state index contributed by atoms with van der Waals surface area (Å²) in [7, 11) is 0. The number of pyridine rings is 1. The van der Waals surface area contributed by atoms with E-state index in [1.54, 1.807) is 12.1 Å². The number of nitrogen functional groups attached to an aromatic ring is 1. The highest BCUT2D eigenvalue weighted by Crippen LogP contribution is 2.18. The predicted octanol–water partition coefficient (Wildman–Crippen LogP) is 4.61. The number of hydrogen-bond acceptors (Lipinski definition) is 6. The number of nitrogens with zero attached hydrogens (tertiary/aromatic N) is 1. The molecule has 8 nitrogen and oxygen atoms in total. The van der Waals surface area contributed by atoms with Gasteiger partial charge in [-0.15, -0.1) is 0 Å². The number of hydrazine groups is 1. The molecule has 34 heavy (non-hydrogen) atoms. The van der Waals surface area contributed by atoms with Crippen LogP contribution in [-0.2, 0) is 0 Å². The molecule has 180 valence electrons. The molecule has 0 unspecified atom stereocenters. The smallest absolute Gasteiger partial charge is 0.265 e. The minimum atomic E-state index is -0.303. The molecular weight excluding hydrogens is 450 g/mol. The zero-order valence-electron chi connectivity index (χ0n) is 19.6. The fraction of sp³-hybridized carbons (Fsp3) is 0.240. The molecule has 1 aromatic heterocycles. The van der Waals surface area contributed by atoms with Gasteiger partial charge >= 0.3 is 0 Å². The largest absolute Gasteiger partial charge is 0.494 e. The fourth-order valence-electron chi connectivity index (χ4n) is 2.58. The summed E-state index contributed by atoms with van der Waals surface area (Å²) in [4.78, 5) is 14.5. The number of ether oxygens (including phenoxy) is 2. The lowest BCUT2D eigenvalue weighted by atomic mass is 10.2. The third kappa shape index (κ3) is 9.85. The molecule has 9 heteroatoms. The van der Waals surface area contributed by atoms with Crippen molar-refractivity contribution in [1.29, 1.82) is 0 Å². The molecular formula is C25H31N5O3S. The lowest BCUT2D eigenvalue weighted by Crippen LogP contribution is -2.29. The molecule has 0 saturated carbocycles. The van der Waals surface area contributed by atoms with E-state index in [-0.39, 0.29) is 5.91 Å².